The van der Waals surface area contributed by atoms with Crippen molar-refractivity contribution in [2.45, 2.75) is 13.0 Å². The summed E-state index contributed by atoms with van der Waals surface area (Å²) in [5, 5.41) is 24.5. The Labute approximate surface area is 145 Å². The highest BCUT2D eigenvalue weighted by Gasteiger charge is 2.33. The second-order valence-electron chi connectivity index (χ2n) is 6.39. The van der Waals surface area contributed by atoms with Gasteiger partial charge in [-0.1, -0.05) is 17.3 Å². The minimum atomic E-state index is -0.393. The predicted octanol–water partition coefficient (Wildman–Crippen LogP) is 2.34. The average Bonchev–Trinajstić information content (AvgIpc) is 2.96. The minimum Gasteiger partial charge on any atom is -0.410 e. The number of hydrogen-bond acceptors (Lipinski definition) is 5. The van der Waals surface area contributed by atoms with Crippen molar-refractivity contribution in [1.82, 2.24) is 4.90 Å². The summed E-state index contributed by atoms with van der Waals surface area (Å²) in [5.41, 5.74) is 6.10. The van der Waals surface area contributed by atoms with Crippen molar-refractivity contribution in [3.05, 3.63) is 52.6 Å². The number of likely N-dealkylation sites (N-methyl/N-ethyl adjacent to an activating group) is 1. The molecule has 0 unspecified atom stereocenters. The topological polar surface area (TPSA) is 88.7 Å². The maximum atomic E-state index is 12.1. The first-order chi connectivity index (χ1) is 12.1. The van der Waals surface area contributed by atoms with E-state index in [1.54, 1.807) is 6.07 Å². The lowest BCUT2D eigenvalue weighted by molar-refractivity contribution is -0.110. The van der Waals surface area contributed by atoms with Crippen molar-refractivity contribution in [2.75, 3.05) is 18.9 Å². The Morgan fingerprint density at radius 2 is 2.12 bits per heavy atom. The van der Waals surface area contributed by atoms with Gasteiger partial charge in [0, 0.05) is 18.7 Å². The maximum Gasteiger partial charge on any atom is 0.278 e. The molecule has 0 bridgehead atoms. The Bertz CT molecular complexity index is 972. The lowest BCUT2D eigenvalue weighted by Gasteiger charge is -2.29. The van der Waals surface area contributed by atoms with Gasteiger partial charge in [0.2, 0.25) is 0 Å². The highest BCUT2D eigenvalue weighted by Crippen LogP contribution is 2.40. The third kappa shape index (κ3) is 2.37. The van der Waals surface area contributed by atoms with E-state index in [0.717, 1.165) is 35.3 Å². The lowest BCUT2D eigenvalue weighted by Crippen LogP contribution is -2.27. The van der Waals surface area contributed by atoms with Gasteiger partial charge in [-0.25, -0.2) is 0 Å². The van der Waals surface area contributed by atoms with E-state index in [-0.39, 0.29) is 5.71 Å². The highest BCUT2D eigenvalue weighted by molar-refractivity contribution is 6.54. The standard InChI is InChI=1S/C19H16N4O2/c1-23-6-5-13-14(12-4-2-3-11(7-12)9-20)8-15-17(16(13)10-23)21-19(24)18(15)22-25/h2-4,7-8,25H,5-6,10H2,1H3,(H,21,22,24). The molecule has 1 amide bonds. The normalized spacial score (nSPS) is 17.8. The number of carbonyl (C=O) groups excluding carboxylic acids is 1. The summed E-state index contributed by atoms with van der Waals surface area (Å²) in [7, 11) is 2.04. The van der Waals surface area contributed by atoms with Crippen molar-refractivity contribution < 1.29 is 10.0 Å². The van der Waals surface area contributed by atoms with Gasteiger partial charge in [-0.15, -0.1) is 0 Å². The molecule has 6 heteroatoms. The van der Waals surface area contributed by atoms with E-state index < -0.39 is 5.91 Å². The van der Waals surface area contributed by atoms with Crippen LogP contribution in [0.15, 0.2) is 35.5 Å². The van der Waals surface area contributed by atoms with Crippen molar-refractivity contribution in [1.29, 1.82) is 5.26 Å². The van der Waals surface area contributed by atoms with Crippen LogP contribution < -0.4 is 5.32 Å². The van der Waals surface area contributed by atoms with E-state index in [0.29, 0.717) is 17.7 Å². The lowest BCUT2D eigenvalue weighted by atomic mass is 9.87. The molecule has 2 aliphatic rings. The van der Waals surface area contributed by atoms with E-state index in [1.165, 1.54) is 5.56 Å². The molecular formula is C19H16N4O2. The monoisotopic (exact) mass is 332 g/mol. The van der Waals surface area contributed by atoms with Crippen LogP contribution in [0.1, 0.15) is 22.3 Å². The zero-order valence-corrected chi connectivity index (χ0v) is 13.7. The van der Waals surface area contributed by atoms with Crippen molar-refractivity contribution in [3.63, 3.8) is 0 Å². The molecule has 0 aliphatic carbocycles. The number of benzene rings is 2. The molecule has 2 aliphatic heterocycles. The molecule has 2 aromatic carbocycles. The van der Waals surface area contributed by atoms with Gasteiger partial charge in [-0.2, -0.15) is 5.26 Å². The van der Waals surface area contributed by atoms with Crippen LogP contribution in [0.5, 0.6) is 0 Å². The number of nitrogens with zero attached hydrogens (tertiary/aromatic N) is 3. The number of rotatable bonds is 1. The molecule has 0 fully saturated rings. The van der Waals surface area contributed by atoms with Crippen LogP contribution in [-0.4, -0.2) is 35.3 Å². The highest BCUT2D eigenvalue weighted by atomic mass is 16.4. The van der Waals surface area contributed by atoms with Crippen LogP contribution in [0.4, 0.5) is 5.69 Å². The summed E-state index contributed by atoms with van der Waals surface area (Å²) in [6, 6.07) is 11.5. The smallest absolute Gasteiger partial charge is 0.278 e. The van der Waals surface area contributed by atoms with E-state index in [9.17, 15) is 15.3 Å². The molecule has 2 aromatic rings. The number of amides is 1. The Morgan fingerprint density at radius 1 is 1.28 bits per heavy atom. The largest absolute Gasteiger partial charge is 0.410 e. The van der Waals surface area contributed by atoms with Crippen LogP contribution in [-0.2, 0) is 17.8 Å². The van der Waals surface area contributed by atoms with Crippen molar-refractivity contribution >= 4 is 17.3 Å². The fourth-order valence-electron chi connectivity index (χ4n) is 3.63. The summed E-state index contributed by atoms with van der Waals surface area (Å²) >= 11 is 0. The van der Waals surface area contributed by atoms with Crippen LogP contribution in [0.2, 0.25) is 0 Å². The van der Waals surface area contributed by atoms with Crippen LogP contribution in [0, 0.1) is 11.3 Å². The Morgan fingerprint density at radius 3 is 2.88 bits per heavy atom. The number of hydrogen-bond donors (Lipinski definition) is 2. The Hall–Kier alpha value is -3.17. The molecule has 4 rings (SSSR count). The van der Waals surface area contributed by atoms with Gasteiger partial charge in [0.1, 0.15) is 0 Å². The van der Waals surface area contributed by atoms with Gasteiger partial charge in [-0.05, 0) is 53.9 Å². The van der Waals surface area contributed by atoms with Gasteiger partial charge in [-0.3, -0.25) is 4.79 Å². The van der Waals surface area contributed by atoms with E-state index in [4.69, 9.17) is 0 Å². The quantitative estimate of drug-likeness (QED) is 0.620. The van der Waals surface area contributed by atoms with Gasteiger partial charge in [0.15, 0.2) is 5.71 Å². The zero-order valence-electron chi connectivity index (χ0n) is 13.7. The van der Waals surface area contributed by atoms with Crippen LogP contribution in [0.25, 0.3) is 11.1 Å². The summed E-state index contributed by atoms with van der Waals surface area (Å²) in [4.78, 5) is 14.3. The number of nitrogens with one attached hydrogen (secondary N) is 1. The molecular weight excluding hydrogens is 316 g/mol. The third-order valence-electron chi connectivity index (χ3n) is 4.83. The molecule has 0 aromatic heterocycles. The molecule has 25 heavy (non-hydrogen) atoms. The fourth-order valence-corrected chi connectivity index (χ4v) is 3.63. The molecule has 0 radical (unpaired) electrons. The summed E-state index contributed by atoms with van der Waals surface area (Å²) in [5.74, 6) is -0.393. The zero-order chi connectivity index (χ0) is 17.6. The predicted molar refractivity (Wildman–Crippen MR) is 93.6 cm³/mol. The average molecular weight is 332 g/mol. The number of carbonyl (C=O) groups is 1. The molecule has 0 spiro atoms. The number of fused-ring (bicyclic) bond motifs is 3. The summed E-state index contributed by atoms with van der Waals surface area (Å²) in [6.45, 7) is 1.63. The van der Waals surface area contributed by atoms with E-state index in [1.807, 2.05) is 31.3 Å². The first kappa shape index (κ1) is 15.4. The summed E-state index contributed by atoms with van der Waals surface area (Å²) < 4.78 is 0. The minimum absolute atomic E-state index is 0.0312. The number of nitriles is 1. The molecule has 2 N–H and O–H groups in total. The van der Waals surface area contributed by atoms with Crippen molar-refractivity contribution in [2.24, 2.45) is 5.16 Å². The third-order valence-corrected chi connectivity index (χ3v) is 4.83. The Balaban J connectivity index is 2.00. The SMILES string of the molecule is CN1CCc2c(-c3cccc(C#N)c3)cc3c(c2C1)NC(=O)/C3=N\O. The fraction of sp³-hybridized carbons (Fsp3) is 0.211. The summed E-state index contributed by atoms with van der Waals surface area (Å²) in [6.07, 6.45) is 0.854. The van der Waals surface area contributed by atoms with Gasteiger partial charge in [0.05, 0.1) is 17.3 Å². The molecule has 0 saturated carbocycles. The first-order valence-electron chi connectivity index (χ1n) is 8.04. The first-order valence-corrected chi connectivity index (χ1v) is 8.04. The van der Waals surface area contributed by atoms with Gasteiger partial charge < -0.3 is 15.4 Å². The number of oxime groups is 1. The molecule has 2 heterocycles. The molecule has 6 nitrogen and oxygen atoms in total. The second kappa shape index (κ2) is 5.72. The second-order valence-corrected chi connectivity index (χ2v) is 6.39. The van der Waals surface area contributed by atoms with Gasteiger partial charge in [0.25, 0.3) is 5.91 Å². The molecule has 124 valence electrons. The van der Waals surface area contributed by atoms with E-state index in [2.05, 4.69) is 21.4 Å². The number of anilines is 1. The van der Waals surface area contributed by atoms with E-state index >= 15 is 0 Å². The van der Waals surface area contributed by atoms with Crippen molar-refractivity contribution in [3.8, 4) is 17.2 Å². The molecule has 0 saturated heterocycles. The molecule has 0 atom stereocenters. The van der Waals surface area contributed by atoms with Crippen LogP contribution in [0.3, 0.4) is 0 Å². The Kier molecular flexibility index (Phi) is 3.52. The van der Waals surface area contributed by atoms with Crippen LogP contribution >= 0.6 is 0 Å². The maximum absolute atomic E-state index is 12.1. The van der Waals surface area contributed by atoms with Gasteiger partial charge >= 0.3 is 0 Å².